The molecule has 0 spiro atoms. The summed E-state index contributed by atoms with van der Waals surface area (Å²) in [6.07, 6.45) is 0. The highest BCUT2D eigenvalue weighted by molar-refractivity contribution is 6.00. The third-order valence-electron chi connectivity index (χ3n) is 11.8. The van der Waals surface area contributed by atoms with Gasteiger partial charge in [0.15, 0.2) is 0 Å². The van der Waals surface area contributed by atoms with Gasteiger partial charge < -0.3 is 4.90 Å². The van der Waals surface area contributed by atoms with Crippen molar-refractivity contribution >= 4 is 38.6 Å². The molecule has 0 heterocycles. The number of fused-ring (bicyclic) bond motifs is 9. The van der Waals surface area contributed by atoms with Gasteiger partial charge in [0.05, 0.1) is 0 Å². The van der Waals surface area contributed by atoms with Crippen molar-refractivity contribution in [1.82, 2.24) is 0 Å². The van der Waals surface area contributed by atoms with E-state index in [1.807, 2.05) is 0 Å². The molecule has 0 radical (unpaired) electrons. The maximum atomic E-state index is 2.44. The Labute approximate surface area is 300 Å². The third kappa shape index (κ3) is 4.41. The molecule has 0 amide bonds. The number of nitrogens with zero attached hydrogens (tertiary/aromatic N) is 1. The Balaban J connectivity index is 1.12. The molecule has 0 unspecified atom stereocenters. The highest BCUT2D eigenvalue weighted by Gasteiger charge is 2.37. The lowest BCUT2D eigenvalue weighted by Crippen LogP contribution is -2.17. The van der Waals surface area contributed by atoms with Gasteiger partial charge in [-0.2, -0.15) is 0 Å². The topological polar surface area (TPSA) is 3.24 Å². The number of rotatable bonds is 4. The maximum absolute atomic E-state index is 2.44. The summed E-state index contributed by atoms with van der Waals surface area (Å²) in [5, 5.41) is 5.12. The first-order valence-electron chi connectivity index (χ1n) is 18.1. The van der Waals surface area contributed by atoms with E-state index in [1.165, 1.54) is 82.9 Å². The number of hydrogen-bond acceptors (Lipinski definition) is 1. The second-order valence-electron chi connectivity index (χ2n) is 15.4. The molecule has 2 aliphatic rings. The van der Waals surface area contributed by atoms with E-state index < -0.39 is 0 Å². The minimum Gasteiger partial charge on any atom is -0.310 e. The number of hydrogen-bond donors (Lipinski definition) is 0. The van der Waals surface area contributed by atoms with E-state index in [2.05, 4.69) is 196 Å². The molecule has 51 heavy (non-hydrogen) atoms. The van der Waals surface area contributed by atoms with Crippen molar-refractivity contribution in [1.29, 1.82) is 0 Å². The van der Waals surface area contributed by atoms with Crippen molar-refractivity contribution in [2.75, 3.05) is 4.90 Å². The molecule has 244 valence electrons. The first-order chi connectivity index (χ1) is 24.8. The third-order valence-corrected chi connectivity index (χ3v) is 11.8. The molecular weight excluding hydrogens is 615 g/mol. The average Bonchev–Trinajstić information content (AvgIpc) is 3.54. The zero-order valence-electron chi connectivity index (χ0n) is 29.5. The standard InChI is InChI=1S/C50H39N/c1-49(2)45-15-9-7-13-41(45)43-28-25-39(31-47(43)49)51(37-22-19-33(20-23-37)35-18-17-32-11-5-6-12-34(32)29-35)38-24-27-40-36(30-38)21-26-44-42-14-8-10-16-46(42)50(3,4)48(40)44/h5-31H,1-4H3. The molecular formula is C50H39N. The van der Waals surface area contributed by atoms with Crippen molar-refractivity contribution in [3.8, 4) is 33.4 Å². The van der Waals surface area contributed by atoms with Gasteiger partial charge in [0.2, 0.25) is 0 Å². The highest BCUT2D eigenvalue weighted by atomic mass is 15.1. The molecule has 0 saturated carbocycles. The van der Waals surface area contributed by atoms with E-state index in [-0.39, 0.29) is 10.8 Å². The molecule has 0 aromatic heterocycles. The molecule has 8 aromatic rings. The van der Waals surface area contributed by atoms with Crippen LogP contribution in [0.1, 0.15) is 49.9 Å². The molecule has 0 aliphatic heterocycles. The van der Waals surface area contributed by atoms with E-state index in [0.29, 0.717) is 0 Å². The molecule has 1 heteroatoms. The lowest BCUT2D eigenvalue weighted by Gasteiger charge is -2.29. The minimum atomic E-state index is -0.0852. The van der Waals surface area contributed by atoms with Crippen LogP contribution in [0.15, 0.2) is 164 Å². The predicted molar refractivity (Wildman–Crippen MR) is 217 cm³/mol. The van der Waals surface area contributed by atoms with Crippen LogP contribution in [0.5, 0.6) is 0 Å². The summed E-state index contributed by atoms with van der Waals surface area (Å²) < 4.78 is 0. The fraction of sp³-hybridized carbons (Fsp3) is 0.120. The molecule has 0 fully saturated rings. The summed E-state index contributed by atoms with van der Waals surface area (Å²) in [7, 11) is 0. The molecule has 10 rings (SSSR count). The predicted octanol–water partition coefficient (Wildman–Crippen LogP) is 13.7. The summed E-state index contributed by atoms with van der Waals surface area (Å²) in [4.78, 5) is 2.44. The molecule has 2 aliphatic carbocycles. The van der Waals surface area contributed by atoms with Crippen LogP contribution in [0.2, 0.25) is 0 Å². The van der Waals surface area contributed by atoms with Gasteiger partial charge in [-0.3, -0.25) is 0 Å². The van der Waals surface area contributed by atoms with Crippen LogP contribution >= 0.6 is 0 Å². The Morgan fingerprint density at radius 3 is 1.69 bits per heavy atom. The van der Waals surface area contributed by atoms with Gasteiger partial charge >= 0.3 is 0 Å². The Morgan fingerprint density at radius 2 is 0.902 bits per heavy atom. The first kappa shape index (κ1) is 29.9. The fourth-order valence-corrected chi connectivity index (χ4v) is 9.20. The Bertz CT molecular complexity index is 2690. The fourth-order valence-electron chi connectivity index (χ4n) is 9.20. The molecule has 0 saturated heterocycles. The molecule has 8 aromatic carbocycles. The van der Waals surface area contributed by atoms with Gasteiger partial charge in [0, 0.05) is 27.9 Å². The van der Waals surface area contributed by atoms with E-state index in [1.54, 1.807) is 0 Å². The quantitative estimate of drug-likeness (QED) is 0.183. The average molecular weight is 654 g/mol. The summed E-state index contributed by atoms with van der Waals surface area (Å²) in [6, 6.07) is 61.0. The Kier molecular flexibility index (Phi) is 6.34. The lowest BCUT2D eigenvalue weighted by molar-refractivity contribution is 0.660. The van der Waals surface area contributed by atoms with Gasteiger partial charge in [-0.05, 0) is 120 Å². The number of benzene rings is 8. The van der Waals surface area contributed by atoms with Gasteiger partial charge in [-0.15, -0.1) is 0 Å². The summed E-state index contributed by atoms with van der Waals surface area (Å²) in [5.74, 6) is 0. The summed E-state index contributed by atoms with van der Waals surface area (Å²) in [5.41, 5.74) is 16.8. The highest BCUT2D eigenvalue weighted by Crippen LogP contribution is 2.53. The van der Waals surface area contributed by atoms with Crippen molar-refractivity contribution < 1.29 is 0 Å². The van der Waals surface area contributed by atoms with Gasteiger partial charge in [-0.1, -0.05) is 149 Å². The van der Waals surface area contributed by atoms with Crippen LogP contribution in [-0.4, -0.2) is 0 Å². The largest absolute Gasteiger partial charge is 0.310 e. The lowest BCUT2D eigenvalue weighted by atomic mass is 9.80. The second-order valence-corrected chi connectivity index (χ2v) is 15.4. The van der Waals surface area contributed by atoms with Crippen molar-refractivity contribution in [3.63, 3.8) is 0 Å². The van der Waals surface area contributed by atoms with E-state index in [4.69, 9.17) is 0 Å². The van der Waals surface area contributed by atoms with Crippen molar-refractivity contribution in [2.24, 2.45) is 0 Å². The molecule has 0 bridgehead atoms. The second kappa shape index (κ2) is 10.8. The first-order valence-corrected chi connectivity index (χ1v) is 18.1. The summed E-state index contributed by atoms with van der Waals surface area (Å²) >= 11 is 0. The Morgan fingerprint density at radius 1 is 0.353 bits per heavy atom. The minimum absolute atomic E-state index is 0.0637. The normalized spacial score (nSPS) is 14.6. The van der Waals surface area contributed by atoms with Crippen LogP contribution in [-0.2, 0) is 10.8 Å². The van der Waals surface area contributed by atoms with E-state index >= 15 is 0 Å². The van der Waals surface area contributed by atoms with Crippen molar-refractivity contribution in [3.05, 3.63) is 186 Å². The molecule has 1 nitrogen and oxygen atoms in total. The number of anilines is 3. The van der Waals surface area contributed by atoms with Crippen LogP contribution in [0, 0.1) is 0 Å². The molecule has 0 N–H and O–H groups in total. The zero-order chi connectivity index (χ0) is 34.5. The SMILES string of the molecule is CC1(C)c2ccccc2-c2ccc(N(c3ccc(-c4ccc5ccccc5c4)cc3)c3ccc4c5c(ccc4c3)-c3ccccc3C5(C)C)cc21. The van der Waals surface area contributed by atoms with Crippen LogP contribution in [0.4, 0.5) is 17.1 Å². The van der Waals surface area contributed by atoms with Gasteiger partial charge in [0.1, 0.15) is 0 Å². The van der Waals surface area contributed by atoms with E-state index in [0.717, 1.165) is 11.4 Å². The van der Waals surface area contributed by atoms with Crippen molar-refractivity contribution in [2.45, 2.75) is 38.5 Å². The van der Waals surface area contributed by atoms with Gasteiger partial charge in [0.25, 0.3) is 0 Å². The van der Waals surface area contributed by atoms with Crippen LogP contribution < -0.4 is 4.90 Å². The van der Waals surface area contributed by atoms with Crippen LogP contribution in [0.3, 0.4) is 0 Å². The van der Waals surface area contributed by atoms with Gasteiger partial charge in [-0.25, -0.2) is 0 Å². The Hall–Kier alpha value is -5.92. The smallest absolute Gasteiger partial charge is 0.0468 e. The molecule has 0 atom stereocenters. The van der Waals surface area contributed by atoms with E-state index in [9.17, 15) is 0 Å². The summed E-state index contributed by atoms with van der Waals surface area (Å²) in [6.45, 7) is 9.47. The maximum Gasteiger partial charge on any atom is 0.0468 e. The zero-order valence-corrected chi connectivity index (χ0v) is 29.5. The van der Waals surface area contributed by atoms with Crippen LogP contribution in [0.25, 0.3) is 54.9 Å². The monoisotopic (exact) mass is 653 g/mol.